The van der Waals surface area contributed by atoms with Crippen LogP contribution in [0, 0.1) is 5.92 Å². The number of rotatable bonds is 3. The summed E-state index contributed by atoms with van der Waals surface area (Å²) in [4.78, 5) is 14.1. The summed E-state index contributed by atoms with van der Waals surface area (Å²) in [5.41, 5.74) is 0.696. The molecule has 1 saturated heterocycles. The number of ether oxygens (including phenoxy) is 1. The van der Waals surface area contributed by atoms with Gasteiger partial charge in [0.1, 0.15) is 5.60 Å². The monoisotopic (exact) mass is 304 g/mol. The average molecular weight is 304 g/mol. The van der Waals surface area contributed by atoms with E-state index in [0.29, 0.717) is 12.0 Å². The Morgan fingerprint density at radius 1 is 1.32 bits per heavy atom. The molecular formula is C18H28N2O2. The van der Waals surface area contributed by atoms with Crippen LogP contribution in [0.1, 0.15) is 40.5 Å². The van der Waals surface area contributed by atoms with Gasteiger partial charge in [0.05, 0.1) is 0 Å². The standard InChI is InChI=1S/C18H28N2O2/c1-14(19-16-10-6-5-7-11-16)15-9-8-12-20(13-15)17(21)22-18(2,3)4/h5-7,10-11,14-15,19H,8-9,12-13H2,1-4H3. The Morgan fingerprint density at radius 3 is 2.64 bits per heavy atom. The predicted molar refractivity (Wildman–Crippen MR) is 90.1 cm³/mol. The lowest BCUT2D eigenvalue weighted by Crippen LogP contribution is -2.46. The van der Waals surface area contributed by atoms with E-state index in [9.17, 15) is 4.79 Å². The van der Waals surface area contributed by atoms with E-state index in [0.717, 1.165) is 31.6 Å². The lowest BCUT2D eigenvalue weighted by Gasteiger charge is -2.37. The quantitative estimate of drug-likeness (QED) is 0.912. The van der Waals surface area contributed by atoms with E-state index in [2.05, 4.69) is 24.4 Å². The van der Waals surface area contributed by atoms with E-state index in [-0.39, 0.29) is 6.09 Å². The third-order valence-electron chi connectivity index (χ3n) is 3.98. The molecule has 1 aliphatic heterocycles. The summed E-state index contributed by atoms with van der Waals surface area (Å²) < 4.78 is 5.49. The Morgan fingerprint density at radius 2 is 2.00 bits per heavy atom. The highest BCUT2D eigenvalue weighted by molar-refractivity contribution is 5.68. The molecule has 0 spiro atoms. The summed E-state index contributed by atoms with van der Waals surface area (Å²) in [5, 5.41) is 3.54. The van der Waals surface area contributed by atoms with E-state index in [4.69, 9.17) is 4.74 Å². The Labute approximate surface area is 133 Å². The van der Waals surface area contributed by atoms with Gasteiger partial charge in [-0.25, -0.2) is 4.79 Å². The highest BCUT2D eigenvalue weighted by Crippen LogP contribution is 2.23. The lowest BCUT2D eigenvalue weighted by molar-refractivity contribution is 0.0159. The number of hydrogen-bond acceptors (Lipinski definition) is 3. The molecule has 1 amide bonds. The third-order valence-corrected chi connectivity index (χ3v) is 3.98. The predicted octanol–water partition coefficient (Wildman–Crippen LogP) is 4.13. The van der Waals surface area contributed by atoms with Gasteiger partial charge in [0, 0.05) is 24.8 Å². The molecule has 1 aromatic rings. The van der Waals surface area contributed by atoms with Gasteiger partial charge in [0.15, 0.2) is 0 Å². The SMILES string of the molecule is CC(Nc1ccccc1)C1CCCN(C(=O)OC(C)(C)C)C1. The summed E-state index contributed by atoms with van der Waals surface area (Å²) in [6.07, 6.45) is 1.98. The summed E-state index contributed by atoms with van der Waals surface area (Å²) in [6.45, 7) is 9.47. The van der Waals surface area contributed by atoms with Crippen LogP contribution in [0.5, 0.6) is 0 Å². The zero-order valence-corrected chi connectivity index (χ0v) is 14.1. The van der Waals surface area contributed by atoms with E-state index in [1.165, 1.54) is 0 Å². The summed E-state index contributed by atoms with van der Waals surface area (Å²) in [7, 11) is 0. The molecule has 2 atom stereocenters. The minimum absolute atomic E-state index is 0.191. The third kappa shape index (κ3) is 4.93. The first-order chi connectivity index (χ1) is 10.3. The molecule has 0 aliphatic carbocycles. The van der Waals surface area contributed by atoms with Crippen molar-refractivity contribution in [1.82, 2.24) is 4.90 Å². The molecule has 2 rings (SSSR count). The van der Waals surface area contributed by atoms with E-state index in [1.807, 2.05) is 43.9 Å². The Bertz CT molecular complexity index is 482. The van der Waals surface area contributed by atoms with Crippen molar-refractivity contribution in [3.05, 3.63) is 30.3 Å². The fourth-order valence-electron chi connectivity index (χ4n) is 2.83. The number of amides is 1. The molecule has 4 heteroatoms. The number of nitrogens with zero attached hydrogens (tertiary/aromatic N) is 1. The van der Waals surface area contributed by atoms with Gasteiger partial charge in [0.2, 0.25) is 0 Å². The number of hydrogen-bond donors (Lipinski definition) is 1. The molecule has 1 N–H and O–H groups in total. The highest BCUT2D eigenvalue weighted by atomic mass is 16.6. The molecular weight excluding hydrogens is 276 g/mol. The van der Waals surface area contributed by atoms with Crippen LogP contribution >= 0.6 is 0 Å². The van der Waals surface area contributed by atoms with Gasteiger partial charge in [-0.2, -0.15) is 0 Å². The van der Waals surface area contributed by atoms with Crippen LogP contribution in [0.15, 0.2) is 30.3 Å². The number of anilines is 1. The van der Waals surface area contributed by atoms with Gasteiger partial charge in [-0.1, -0.05) is 18.2 Å². The van der Waals surface area contributed by atoms with Crippen molar-refractivity contribution in [2.75, 3.05) is 18.4 Å². The first kappa shape index (κ1) is 16.7. The van der Waals surface area contributed by atoms with Gasteiger partial charge in [-0.3, -0.25) is 0 Å². The Hall–Kier alpha value is -1.71. The van der Waals surface area contributed by atoms with E-state index >= 15 is 0 Å². The first-order valence-electron chi connectivity index (χ1n) is 8.14. The Kier molecular flexibility index (Phi) is 5.33. The van der Waals surface area contributed by atoms with Crippen LogP contribution in [0.4, 0.5) is 10.5 Å². The van der Waals surface area contributed by atoms with E-state index < -0.39 is 5.60 Å². The normalized spacial score (nSPS) is 20.4. The van der Waals surface area contributed by atoms with Crippen molar-refractivity contribution in [3.8, 4) is 0 Å². The van der Waals surface area contributed by atoms with Gasteiger partial charge in [-0.05, 0) is 58.6 Å². The molecule has 1 fully saturated rings. The molecule has 22 heavy (non-hydrogen) atoms. The first-order valence-corrected chi connectivity index (χ1v) is 8.14. The van der Waals surface area contributed by atoms with Gasteiger partial charge in [0.25, 0.3) is 0 Å². The Balaban J connectivity index is 1.91. The molecule has 1 heterocycles. The average Bonchev–Trinajstić information content (AvgIpc) is 2.46. The lowest BCUT2D eigenvalue weighted by atomic mass is 9.91. The molecule has 0 radical (unpaired) electrons. The molecule has 122 valence electrons. The minimum atomic E-state index is -0.433. The second-order valence-electron chi connectivity index (χ2n) is 7.13. The van der Waals surface area contributed by atoms with Crippen LogP contribution in [-0.4, -0.2) is 35.7 Å². The van der Waals surface area contributed by atoms with Crippen molar-refractivity contribution in [2.24, 2.45) is 5.92 Å². The number of nitrogens with one attached hydrogen (secondary N) is 1. The number of likely N-dealkylation sites (tertiary alicyclic amines) is 1. The fraction of sp³-hybridized carbons (Fsp3) is 0.611. The molecule has 1 aliphatic rings. The molecule has 2 unspecified atom stereocenters. The van der Waals surface area contributed by atoms with Crippen molar-refractivity contribution in [2.45, 2.75) is 52.2 Å². The largest absolute Gasteiger partial charge is 0.444 e. The van der Waals surface area contributed by atoms with Crippen LogP contribution in [-0.2, 0) is 4.74 Å². The van der Waals surface area contributed by atoms with Crippen molar-refractivity contribution < 1.29 is 9.53 Å². The molecule has 4 nitrogen and oxygen atoms in total. The summed E-state index contributed by atoms with van der Waals surface area (Å²) >= 11 is 0. The van der Waals surface area contributed by atoms with Gasteiger partial charge < -0.3 is 15.0 Å². The highest BCUT2D eigenvalue weighted by Gasteiger charge is 2.30. The molecule has 0 bridgehead atoms. The van der Waals surface area contributed by atoms with Crippen LogP contribution in [0.2, 0.25) is 0 Å². The molecule has 1 aromatic carbocycles. The minimum Gasteiger partial charge on any atom is -0.444 e. The zero-order valence-electron chi connectivity index (χ0n) is 14.1. The smallest absolute Gasteiger partial charge is 0.410 e. The second-order valence-corrected chi connectivity index (χ2v) is 7.13. The molecule has 0 saturated carbocycles. The maximum Gasteiger partial charge on any atom is 0.410 e. The topological polar surface area (TPSA) is 41.6 Å². The van der Waals surface area contributed by atoms with E-state index in [1.54, 1.807) is 0 Å². The second kappa shape index (κ2) is 7.03. The number of piperidine rings is 1. The summed E-state index contributed by atoms with van der Waals surface area (Å²) in [6, 6.07) is 10.6. The fourth-order valence-corrected chi connectivity index (χ4v) is 2.83. The number of carbonyl (C=O) groups excluding carboxylic acids is 1. The zero-order chi connectivity index (χ0) is 16.2. The van der Waals surface area contributed by atoms with Gasteiger partial charge in [-0.15, -0.1) is 0 Å². The van der Waals surface area contributed by atoms with Crippen molar-refractivity contribution in [3.63, 3.8) is 0 Å². The molecule has 0 aromatic heterocycles. The van der Waals surface area contributed by atoms with Crippen LogP contribution < -0.4 is 5.32 Å². The number of benzene rings is 1. The van der Waals surface area contributed by atoms with Crippen molar-refractivity contribution in [1.29, 1.82) is 0 Å². The maximum absolute atomic E-state index is 12.2. The summed E-state index contributed by atoms with van der Waals surface area (Å²) in [5.74, 6) is 0.446. The number of para-hydroxylation sites is 1. The number of carbonyl (C=O) groups is 1. The maximum atomic E-state index is 12.2. The van der Waals surface area contributed by atoms with Crippen LogP contribution in [0.25, 0.3) is 0 Å². The van der Waals surface area contributed by atoms with Gasteiger partial charge >= 0.3 is 6.09 Å². The van der Waals surface area contributed by atoms with Crippen molar-refractivity contribution >= 4 is 11.8 Å². The van der Waals surface area contributed by atoms with Crippen LogP contribution in [0.3, 0.4) is 0 Å².